The van der Waals surface area contributed by atoms with E-state index in [-0.39, 0.29) is 0 Å². The number of aromatic nitrogens is 1. The lowest BCUT2D eigenvalue weighted by Gasteiger charge is -2.29. The van der Waals surface area contributed by atoms with Crippen molar-refractivity contribution in [2.45, 2.75) is 47.2 Å². The minimum Gasteiger partial charge on any atom is -0.357 e. The van der Waals surface area contributed by atoms with Crippen LogP contribution in [-0.2, 0) is 6.54 Å². The molecule has 1 rings (SSSR count). The second-order valence-electron chi connectivity index (χ2n) is 6.25. The summed E-state index contributed by atoms with van der Waals surface area (Å²) in [6, 6.07) is 2.54. The van der Waals surface area contributed by atoms with Gasteiger partial charge in [0.2, 0.25) is 0 Å². The maximum absolute atomic E-state index is 6.24. The molecule has 1 N–H and O–H groups in total. The molecule has 0 aliphatic rings. The van der Waals surface area contributed by atoms with Crippen molar-refractivity contribution in [3.05, 3.63) is 22.8 Å². The van der Waals surface area contributed by atoms with Gasteiger partial charge in [-0.25, -0.2) is 4.98 Å². The fraction of sp³-hybridized carbons (Fsp3) is 0.688. The summed E-state index contributed by atoms with van der Waals surface area (Å²) in [5.41, 5.74) is 1.11. The van der Waals surface area contributed by atoms with Crippen molar-refractivity contribution in [3.63, 3.8) is 0 Å². The van der Waals surface area contributed by atoms with Crippen LogP contribution in [0.15, 0.2) is 12.3 Å². The Kier molecular flexibility index (Phi) is 6.77. The predicted molar refractivity (Wildman–Crippen MR) is 88.5 cm³/mol. The molecular formula is C16H28ClN3. The second-order valence-corrected chi connectivity index (χ2v) is 6.66. The Labute approximate surface area is 128 Å². The molecule has 0 saturated carbocycles. The van der Waals surface area contributed by atoms with E-state index in [9.17, 15) is 0 Å². The quantitative estimate of drug-likeness (QED) is 0.825. The number of anilines is 1. The predicted octanol–water partition coefficient (Wildman–Crippen LogP) is 3.96. The van der Waals surface area contributed by atoms with Gasteiger partial charge in [-0.05, 0) is 36.9 Å². The molecule has 0 amide bonds. The number of nitrogens with one attached hydrogen (secondary N) is 1. The van der Waals surface area contributed by atoms with Crippen LogP contribution >= 0.6 is 11.6 Å². The van der Waals surface area contributed by atoms with Crippen LogP contribution in [0.2, 0.25) is 5.02 Å². The Bertz CT molecular complexity index is 418. The number of hydrogen-bond donors (Lipinski definition) is 1. The molecule has 0 aliphatic heterocycles. The summed E-state index contributed by atoms with van der Waals surface area (Å²) >= 11 is 6.24. The zero-order chi connectivity index (χ0) is 15.3. The first-order chi connectivity index (χ1) is 9.32. The molecule has 3 nitrogen and oxygen atoms in total. The van der Waals surface area contributed by atoms with Crippen LogP contribution in [0.3, 0.4) is 0 Å². The first-order valence-corrected chi connectivity index (χ1v) is 7.78. The van der Waals surface area contributed by atoms with Gasteiger partial charge in [0.25, 0.3) is 0 Å². The lowest BCUT2D eigenvalue weighted by Crippen LogP contribution is -2.33. The average Bonchev–Trinajstić information content (AvgIpc) is 2.38. The third-order valence-corrected chi connectivity index (χ3v) is 4.07. The molecule has 0 aromatic carbocycles. The summed E-state index contributed by atoms with van der Waals surface area (Å²) in [6.45, 7) is 12.8. The second kappa shape index (κ2) is 7.84. The smallest absolute Gasteiger partial charge is 0.128 e. The van der Waals surface area contributed by atoms with E-state index in [1.54, 1.807) is 6.20 Å². The fourth-order valence-corrected chi connectivity index (χ4v) is 2.12. The number of rotatable bonds is 7. The van der Waals surface area contributed by atoms with Crippen molar-refractivity contribution in [2.24, 2.45) is 11.8 Å². The third-order valence-electron chi connectivity index (χ3n) is 3.73. The van der Waals surface area contributed by atoms with Gasteiger partial charge < -0.3 is 10.2 Å². The molecule has 1 aromatic heterocycles. The van der Waals surface area contributed by atoms with Crippen LogP contribution in [0.1, 0.15) is 40.2 Å². The summed E-state index contributed by atoms with van der Waals surface area (Å²) < 4.78 is 0. The standard InChI is InChI=1S/C16H28ClN3/c1-11(2)8-18-9-14-7-16(19-10-15(14)17)20(6)13(5)12(3)4/h7,10-13,18H,8-9H2,1-6H3. The number of halogens is 1. The van der Waals surface area contributed by atoms with Crippen LogP contribution < -0.4 is 10.2 Å². The van der Waals surface area contributed by atoms with Crippen molar-refractivity contribution in [2.75, 3.05) is 18.5 Å². The molecule has 1 atom stereocenters. The highest BCUT2D eigenvalue weighted by Crippen LogP contribution is 2.22. The van der Waals surface area contributed by atoms with Crippen molar-refractivity contribution in [1.82, 2.24) is 10.3 Å². The van der Waals surface area contributed by atoms with E-state index in [0.717, 1.165) is 29.5 Å². The molecule has 1 aromatic rings. The molecule has 1 unspecified atom stereocenters. The Hall–Kier alpha value is -0.800. The van der Waals surface area contributed by atoms with Gasteiger partial charge in [0.15, 0.2) is 0 Å². The van der Waals surface area contributed by atoms with Gasteiger partial charge in [-0.15, -0.1) is 0 Å². The van der Waals surface area contributed by atoms with Crippen molar-refractivity contribution in [3.8, 4) is 0 Å². The van der Waals surface area contributed by atoms with Crippen molar-refractivity contribution in [1.29, 1.82) is 0 Å². The summed E-state index contributed by atoms with van der Waals surface area (Å²) in [7, 11) is 2.09. The molecule has 114 valence electrons. The molecule has 0 fully saturated rings. The zero-order valence-electron chi connectivity index (χ0n) is 13.6. The van der Waals surface area contributed by atoms with E-state index < -0.39 is 0 Å². The molecule has 0 saturated heterocycles. The average molecular weight is 298 g/mol. The Morgan fingerprint density at radius 3 is 2.45 bits per heavy atom. The van der Waals surface area contributed by atoms with Crippen LogP contribution in [0.25, 0.3) is 0 Å². The number of nitrogens with zero attached hydrogens (tertiary/aromatic N) is 2. The van der Waals surface area contributed by atoms with Gasteiger partial charge in [-0.1, -0.05) is 39.3 Å². The molecule has 0 spiro atoms. The molecular weight excluding hydrogens is 270 g/mol. The fourth-order valence-electron chi connectivity index (χ4n) is 1.95. The van der Waals surface area contributed by atoms with Gasteiger partial charge in [0, 0.05) is 25.8 Å². The molecule has 1 heterocycles. The summed E-state index contributed by atoms with van der Waals surface area (Å²) in [4.78, 5) is 6.67. The van der Waals surface area contributed by atoms with E-state index in [1.807, 2.05) is 0 Å². The Balaban J connectivity index is 2.80. The van der Waals surface area contributed by atoms with Crippen LogP contribution in [0, 0.1) is 11.8 Å². The lowest BCUT2D eigenvalue weighted by atomic mass is 10.1. The zero-order valence-corrected chi connectivity index (χ0v) is 14.3. The summed E-state index contributed by atoms with van der Waals surface area (Å²) in [5.74, 6) is 2.20. The van der Waals surface area contributed by atoms with Gasteiger partial charge in [-0.3, -0.25) is 0 Å². The highest BCUT2D eigenvalue weighted by atomic mass is 35.5. The SMILES string of the molecule is CC(C)CNCc1cc(N(C)C(C)C(C)C)ncc1Cl. The first kappa shape index (κ1) is 17.3. The lowest BCUT2D eigenvalue weighted by molar-refractivity contribution is 0.502. The van der Waals surface area contributed by atoms with Crippen LogP contribution in [0.5, 0.6) is 0 Å². The summed E-state index contributed by atoms with van der Waals surface area (Å²) in [6.07, 6.45) is 1.76. The van der Waals surface area contributed by atoms with Gasteiger partial charge in [-0.2, -0.15) is 0 Å². The maximum atomic E-state index is 6.24. The highest BCUT2D eigenvalue weighted by Gasteiger charge is 2.15. The van der Waals surface area contributed by atoms with E-state index in [2.05, 4.69) is 62.9 Å². The van der Waals surface area contributed by atoms with E-state index in [1.165, 1.54) is 0 Å². The van der Waals surface area contributed by atoms with E-state index >= 15 is 0 Å². The maximum Gasteiger partial charge on any atom is 0.128 e. The summed E-state index contributed by atoms with van der Waals surface area (Å²) in [5, 5.41) is 4.16. The van der Waals surface area contributed by atoms with Crippen molar-refractivity contribution >= 4 is 17.4 Å². The van der Waals surface area contributed by atoms with Gasteiger partial charge in [0.05, 0.1) is 5.02 Å². The van der Waals surface area contributed by atoms with Crippen molar-refractivity contribution < 1.29 is 0 Å². The molecule has 0 bridgehead atoms. The molecule has 4 heteroatoms. The molecule has 0 radical (unpaired) electrons. The minimum absolute atomic E-state index is 0.445. The Morgan fingerprint density at radius 2 is 1.90 bits per heavy atom. The number of hydrogen-bond acceptors (Lipinski definition) is 3. The first-order valence-electron chi connectivity index (χ1n) is 7.40. The topological polar surface area (TPSA) is 28.2 Å². The highest BCUT2D eigenvalue weighted by molar-refractivity contribution is 6.31. The minimum atomic E-state index is 0.445. The van der Waals surface area contributed by atoms with Gasteiger partial charge >= 0.3 is 0 Å². The molecule has 20 heavy (non-hydrogen) atoms. The largest absolute Gasteiger partial charge is 0.357 e. The third kappa shape index (κ3) is 4.95. The molecule has 0 aliphatic carbocycles. The monoisotopic (exact) mass is 297 g/mol. The number of pyridine rings is 1. The van der Waals surface area contributed by atoms with E-state index in [4.69, 9.17) is 11.6 Å². The normalized spacial score (nSPS) is 13.1. The van der Waals surface area contributed by atoms with E-state index in [0.29, 0.717) is 17.9 Å². The Morgan fingerprint density at radius 1 is 1.25 bits per heavy atom. The van der Waals surface area contributed by atoms with Crippen LogP contribution in [0.4, 0.5) is 5.82 Å². The van der Waals surface area contributed by atoms with Gasteiger partial charge in [0.1, 0.15) is 5.82 Å². The van der Waals surface area contributed by atoms with Crippen LogP contribution in [-0.4, -0.2) is 24.6 Å².